The van der Waals surface area contributed by atoms with Gasteiger partial charge < -0.3 is 14.4 Å². The van der Waals surface area contributed by atoms with Gasteiger partial charge in [0, 0.05) is 13.1 Å². The van der Waals surface area contributed by atoms with Crippen molar-refractivity contribution in [3.05, 3.63) is 59.0 Å². The monoisotopic (exact) mass is 345 g/mol. The van der Waals surface area contributed by atoms with Crippen LogP contribution in [0.3, 0.4) is 0 Å². The van der Waals surface area contributed by atoms with Crippen molar-refractivity contribution in [2.24, 2.45) is 5.92 Å². The molecule has 1 aliphatic rings. The third-order valence-electron chi connectivity index (χ3n) is 4.46. The molecule has 2 heterocycles. The van der Waals surface area contributed by atoms with Crippen LogP contribution in [0.1, 0.15) is 33.9 Å². The van der Waals surface area contributed by atoms with Gasteiger partial charge in [0.05, 0.1) is 12.4 Å². The first-order valence-electron chi connectivity index (χ1n) is 8.25. The number of carbonyl (C=O) groups excluding carboxylic acids is 1. The zero-order valence-corrected chi connectivity index (χ0v) is 14.7. The molecule has 1 amide bonds. The normalized spacial score (nSPS) is 17.4. The van der Waals surface area contributed by atoms with Gasteiger partial charge in [-0.05, 0) is 48.3 Å². The van der Waals surface area contributed by atoms with Crippen molar-refractivity contribution in [2.75, 3.05) is 19.3 Å². The summed E-state index contributed by atoms with van der Waals surface area (Å²) in [6.45, 7) is 1.64. The van der Waals surface area contributed by atoms with Gasteiger partial charge in [-0.15, -0.1) is 0 Å². The van der Waals surface area contributed by atoms with E-state index >= 15 is 0 Å². The largest absolute Gasteiger partial charge is 0.455 e. The van der Waals surface area contributed by atoms with Crippen LogP contribution in [-0.2, 0) is 18.8 Å². The van der Waals surface area contributed by atoms with Crippen molar-refractivity contribution in [3.8, 4) is 0 Å². The lowest BCUT2D eigenvalue weighted by molar-refractivity contribution is 0.0754. The fourth-order valence-corrected chi connectivity index (χ4v) is 3.61. The summed E-state index contributed by atoms with van der Waals surface area (Å²) in [5.41, 5.74) is 2.19. The molecule has 0 spiro atoms. The van der Waals surface area contributed by atoms with Gasteiger partial charge in [-0.3, -0.25) is 4.79 Å². The van der Waals surface area contributed by atoms with Crippen LogP contribution in [0.25, 0.3) is 0 Å². The van der Waals surface area contributed by atoms with Gasteiger partial charge in [-0.1, -0.05) is 24.3 Å². The summed E-state index contributed by atoms with van der Waals surface area (Å²) >= 11 is 1.68. The molecule has 128 valence electrons. The molecule has 4 nitrogen and oxygen atoms in total. The fraction of sp³-hybridized carbons (Fsp3) is 0.421. The lowest BCUT2D eigenvalue weighted by Crippen LogP contribution is -2.28. The lowest BCUT2D eigenvalue weighted by atomic mass is 9.98. The molecule has 5 heteroatoms. The number of hydrogen-bond acceptors (Lipinski definition) is 4. The Morgan fingerprint density at radius 2 is 2.00 bits per heavy atom. The molecule has 24 heavy (non-hydrogen) atoms. The Kier molecular flexibility index (Phi) is 5.63. The Morgan fingerprint density at radius 3 is 2.71 bits per heavy atom. The molecule has 0 radical (unpaired) electrons. The van der Waals surface area contributed by atoms with Gasteiger partial charge in [0.25, 0.3) is 5.91 Å². The molecule has 1 saturated heterocycles. The zero-order chi connectivity index (χ0) is 16.9. The summed E-state index contributed by atoms with van der Waals surface area (Å²) in [5, 5.41) is 9.10. The van der Waals surface area contributed by atoms with Gasteiger partial charge >= 0.3 is 0 Å². The maximum Gasteiger partial charge on any atom is 0.289 e. The molecule has 0 saturated carbocycles. The predicted octanol–water partition coefficient (Wildman–Crippen LogP) is 3.34. The molecule has 0 aliphatic carbocycles. The number of thioether (sulfide) groups is 1. The third-order valence-corrected chi connectivity index (χ3v) is 5.04. The van der Waals surface area contributed by atoms with Gasteiger partial charge in [0.15, 0.2) is 5.76 Å². The van der Waals surface area contributed by atoms with E-state index in [4.69, 9.17) is 9.52 Å². The number of carbonyl (C=O) groups is 1. The summed E-state index contributed by atoms with van der Waals surface area (Å²) in [7, 11) is 0. The molecule has 1 aromatic carbocycles. The van der Waals surface area contributed by atoms with Gasteiger partial charge in [-0.25, -0.2) is 0 Å². The highest BCUT2D eigenvalue weighted by molar-refractivity contribution is 7.97. The third kappa shape index (κ3) is 4.02. The van der Waals surface area contributed by atoms with Gasteiger partial charge in [-0.2, -0.15) is 11.8 Å². The first-order valence-corrected chi connectivity index (χ1v) is 9.64. The Hall–Kier alpha value is -1.72. The van der Waals surface area contributed by atoms with Crippen molar-refractivity contribution < 1.29 is 14.3 Å². The summed E-state index contributed by atoms with van der Waals surface area (Å²) in [6, 6.07) is 11.7. The average Bonchev–Trinajstić information content (AvgIpc) is 3.25. The van der Waals surface area contributed by atoms with E-state index in [0.29, 0.717) is 11.7 Å². The number of likely N-dealkylation sites (tertiary alicyclic amines) is 1. The summed E-state index contributed by atoms with van der Waals surface area (Å²) in [4.78, 5) is 14.4. The van der Waals surface area contributed by atoms with Crippen LogP contribution in [0.4, 0.5) is 0 Å². The molecule has 2 aromatic rings. The summed E-state index contributed by atoms with van der Waals surface area (Å²) in [5.74, 6) is 2.58. The van der Waals surface area contributed by atoms with Crippen molar-refractivity contribution in [1.29, 1.82) is 0 Å². The highest BCUT2D eigenvalue weighted by Crippen LogP contribution is 2.24. The molecular weight excluding hydrogens is 322 g/mol. The number of aliphatic hydroxyl groups is 1. The number of benzene rings is 1. The number of rotatable bonds is 6. The minimum atomic E-state index is 0.000446. The first kappa shape index (κ1) is 17.1. The molecular formula is C19H23NO3S. The van der Waals surface area contributed by atoms with E-state index in [0.717, 1.165) is 43.0 Å². The van der Waals surface area contributed by atoms with E-state index in [9.17, 15) is 4.79 Å². The van der Waals surface area contributed by atoms with Crippen LogP contribution >= 0.6 is 11.8 Å². The Balaban J connectivity index is 1.56. The second-order valence-electron chi connectivity index (χ2n) is 6.28. The van der Waals surface area contributed by atoms with Crippen LogP contribution in [-0.4, -0.2) is 35.3 Å². The lowest BCUT2D eigenvalue weighted by Gasteiger charge is -2.15. The zero-order valence-electron chi connectivity index (χ0n) is 13.9. The second kappa shape index (κ2) is 7.90. The molecule has 0 bridgehead atoms. The number of aliphatic hydroxyl groups excluding tert-OH is 1. The van der Waals surface area contributed by atoms with Gasteiger partial charge in [0.2, 0.25) is 0 Å². The molecule has 3 rings (SSSR count). The average molecular weight is 345 g/mol. The molecule has 1 fully saturated rings. The van der Waals surface area contributed by atoms with Crippen LogP contribution in [0.5, 0.6) is 0 Å². The van der Waals surface area contributed by atoms with Gasteiger partial charge in [0.1, 0.15) is 5.76 Å². The SMILES string of the molecule is CSCc1ccc(C(=O)N2CCC(Cc3ccc(CO)cc3)C2)o1. The molecule has 1 N–H and O–H groups in total. The maximum absolute atomic E-state index is 12.5. The van der Waals surface area contributed by atoms with E-state index in [-0.39, 0.29) is 12.5 Å². The highest BCUT2D eigenvalue weighted by Gasteiger charge is 2.28. The highest BCUT2D eigenvalue weighted by atomic mass is 32.2. The van der Waals surface area contributed by atoms with Crippen LogP contribution in [0.15, 0.2) is 40.8 Å². The molecule has 1 aromatic heterocycles. The van der Waals surface area contributed by atoms with E-state index in [1.807, 2.05) is 29.4 Å². The van der Waals surface area contributed by atoms with Crippen LogP contribution in [0, 0.1) is 5.92 Å². The van der Waals surface area contributed by atoms with E-state index in [1.54, 1.807) is 17.8 Å². The minimum Gasteiger partial charge on any atom is -0.455 e. The van der Waals surface area contributed by atoms with E-state index < -0.39 is 0 Å². The standard InChI is InChI=1S/C19H23NO3S/c1-24-13-17-6-7-18(23-17)19(22)20-9-8-16(11-20)10-14-2-4-15(12-21)5-3-14/h2-7,16,21H,8-13H2,1H3. The maximum atomic E-state index is 12.5. The summed E-state index contributed by atoms with van der Waals surface area (Å²) < 4.78 is 5.64. The first-order chi connectivity index (χ1) is 11.7. The number of furan rings is 1. The van der Waals surface area contributed by atoms with Crippen molar-refractivity contribution in [3.63, 3.8) is 0 Å². The smallest absolute Gasteiger partial charge is 0.289 e. The Labute approximate surface area is 146 Å². The number of hydrogen-bond donors (Lipinski definition) is 1. The molecule has 1 aliphatic heterocycles. The topological polar surface area (TPSA) is 53.7 Å². The van der Waals surface area contributed by atoms with Crippen molar-refractivity contribution in [1.82, 2.24) is 4.90 Å². The van der Waals surface area contributed by atoms with E-state index in [2.05, 4.69) is 12.1 Å². The van der Waals surface area contributed by atoms with E-state index in [1.165, 1.54) is 5.56 Å². The van der Waals surface area contributed by atoms with Crippen LogP contribution < -0.4 is 0 Å². The minimum absolute atomic E-state index is 0.000446. The molecule has 1 unspecified atom stereocenters. The molecule has 1 atom stereocenters. The predicted molar refractivity (Wildman–Crippen MR) is 96.0 cm³/mol. The summed E-state index contributed by atoms with van der Waals surface area (Å²) in [6.07, 6.45) is 4.00. The Morgan fingerprint density at radius 1 is 1.25 bits per heavy atom. The second-order valence-corrected chi connectivity index (χ2v) is 7.15. The van der Waals surface area contributed by atoms with Crippen molar-refractivity contribution >= 4 is 17.7 Å². The van der Waals surface area contributed by atoms with Crippen molar-refractivity contribution in [2.45, 2.75) is 25.2 Å². The fourth-order valence-electron chi connectivity index (χ4n) is 3.17. The number of amides is 1. The Bertz CT molecular complexity index is 680. The quantitative estimate of drug-likeness (QED) is 0.872. The van der Waals surface area contributed by atoms with Crippen LogP contribution in [0.2, 0.25) is 0 Å². The number of nitrogens with zero attached hydrogens (tertiary/aromatic N) is 1.